The molecule has 1 N–H and O–H groups in total. The molecule has 162 valence electrons. The van der Waals surface area contributed by atoms with Crippen molar-refractivity contribution in [3.8, 4) is 5.75 Å². The van der Waals surface area contributed by atoms with Gasteiger partial charge in [0.05, 0.1) is 6.61 Å². The fourth-order valence-corrected chi connectivity index (χ4v) is 3.41. The summed E-state index contributed by atoms with van der Waals surface area (Å²) in [5, 5.41) is 3.42. The second-order valence-corrected chi connectivity index (χ2v) is 7.60. The number of nitrogens with one attached hydrogen (secondary N) is 1. The Hall–Kier alpha value is -2.53. The zero-order valence-electron chi connectivity index (χ0n) is 18.0. The maximum Gasteiger partial charge on any atom is 0.242 e. The minimum absolute atomic E-state index is 0.0828. The Morgan fingerprint density at radius 2 is 1.80 bits per heavy atom. The van der Waals surface area contributed by atoms with E-state index in [9.17, 15) is 9.59 Å². The van der Waals surface area contributed by atoms with E-state index in [2.05, 4.69) is 5.32 Å². The highest BCUT2D eigenvalue weighted by atomic mass is 35.5. The van der Waals surface area contributed by atoms with Gasteiger partial charge in [0.25, 0.3) is 0 Å². The lowest BCUT2D eigenvalue weighted by molar-refractivity contribution is -0.141. The molecule has 6 heteroatoms. The Bertz CT molecular complexity index is 823. The minimum Gasteiger partial charge on any atom is -0.494 e. The van der Waals surface area contributed by atoms with E-state index in [1.807, 2.05) is 63.2 Å². The van der Waals surface area contributed by atoms with Crippen molar-refractivity contribution < 1.29 is 14.3 Å². The molecule has 0 aromatic heterocycles. The molecule has 5 nitrogen and oxygen atoms in total. The van der Waals surface area contributed by atoms with Gasteiger partial charge in [-0.3, -0.25) is 9.59 Å². The van der Waals surface area contributed by atoms with Crippen molar-refractivity contribution in [2.24, 2.45) is 0 Å². The molecule has 0 aliphatic carbocycles. The van der Waals surface area contributed by atoms with Crippen LogP contribution in [0.2, 0.25) is 5.02 Å². The minimum atomic E-state index is -0.535. The van der Waals surface area contributed by atoms with Crippen molar-refractivity contribution in [2.45, 2.75) is 52.6 Å². The van der Waals surface area contributed by atoms with Gasteiger partial charge in [0.15, 0.2) is 0 Å². The smallest absolute Gasteiger partial charge is 0.242 e. The van der Waals surface area contributed by atoms with Crippen molar-refractivity contribution in [1.29, 1.82) is 0 Å². The van der Waals surface area contributed by atoms with E-state index in [1.54, 1.807) is 11.0 Å². The van der Waals surface area contributed by atoms with Gasteiger partial charge in [-0.25, -0.2) is 0 Å². The molecule has 2 aromatic rings. The Labute approximate surface area is 184 Å². The van der Waals surface area contributed by atoms with E-state index in [4.69, 9.17) is 16.3 Å². The Morgan fingerprint density at radius 3 is 2.43 bits per heavy atom. The topological polar surface area (TPSA) is 58.6 Å². The molecule has 2 rings (SSSR count). The lowest BCUT2D eigenvalue weighted by atomic mass is 10.1. The Kier molecular flexibility index (Phi) is 9.68. The molecule has 0 spiro atoms. The van der Waals surface area contributed by atoms with Crippen LogP contribution < -0.4 is 10.1 Å². The van der Waals surface area contributed by atoms with Gasteiger partial charge in [-0.2, -0.15) is 0 Å². The van der Waals surface area contributed by atoms with Crippen molar-refractivity contribution in [2.75, 3.05) is 13.2 Å². The first-order valence-electron chi connectivity index (χ1n) is 10.5. The number of likely N-dealkylation sites (N-methyl/N-ethyl adjacent to an activating group) is 1. The zero-order valence-corrected chi connectivity index (χ0v) is 18.7. The third-order valence-electron chi connectivity index (χ3n) is 4.86. The molecule has 30 heavy (non-hydrogen) atoms. The van der Waals surface area contributed by atoms with Gasteiger partial charge in [-0.05, 0) is 50.5 Å². The number of nitrogens with zero attached hydrogens (tertiary/aromatic N) is 1. The number of halogens is 1. The van der Waals surface area contributed by atoms with Gasteiger partial charge in [0.1, 0.15) is 11.8 Å². The maximum atomic E-state index is 13.1. The van der Waals surface area contributed by atoms with Gasteiger partial charge in [0.2, 0.25) is 11.8 Å². The summed E-state index contributed by atoms with van der Waals surface area (Å²) in [6, 6.07) is 14.7. The number of aryl methyl sites for hydroxylation is 1. The number of hydrogen-bond donors (Lipinski definition) is 1. The second-order valence-electron chi connectivity index (χ2n) is 7.20. The lowest BCUT2D eigenvalue weighted by Crippen LogP contribution is -2.49. The average Bonchev–Trinajstić information content (AvgIpc) is 2.73. The van der Waals surface area contributed by atoms with Crippen LogP contribution in [0.3, 0.4) is 0 Å². The predicted molar refractivity (Wildman–Crippen MR) is 121 cm³/mol. The fraction of sp³-hybridized carbons (Fsp3) is 0.417. The lowest BCUT2D eigenvalue weighted by Gasteiger charge is -2.31. The van der Waals surface area contributed by atoms with Crippen LogP contribution in [0.1, 0.15) is 44.2 Å². The van der Waals surface area contributed by atoms with Gasteiger partial charge < -0.3 is 15.0 Å². The highest BCUT2D eigenvalue weighted by Crippen LogP contribution is 2.20. The van der Waals surface area contributed by atoms with Crippen LogP contribution in [0.15, 0.2) is 48.5 Å². The normalized spacial score (nSPS) is 11.6. The van der Waals surface area contributed by atoms with E-state index in [0.717, 1.165) is 11.3 Å². The summed E-state index contributed by atoms with van der Waals surface area (Å²) in [5.74, 6) is 0.562. The van der Waals surface area contributed by atoms with Gasteiger partial charge in [-0.1, -0.05) is 54.4 Å². The molecule has 0 fully saturated rings. The summed E-state index contributed by atoms with van der Waals surface area (Å²) < 4.78 is 5.73. The van der Waals surface area contributed by atoms with Crippen molar-refractivity contribution in [3.05, 3.63) is 64.7 Å². The molecule has 0 saturated carbocycles. The molecule has 2 aromatic carbocycles. The number of carbonyl (C=O) groups is 2. The third kappa shape index (κ3) is 7.06. The number of amides is 2. The van der Waals surface area contributed by atoms with Crippen molar-refractivity contribution in [3.63, 3.8) is 0 Å². The third-order valence-corrected chi connectivity index (χ3v) is 5.23. The quantitative estimate of drug-likeness (QED) is 0.523. The second kappa shape index (κ2) is 12.2. The molecule has 2 amide bonds. The Balaban J connectivity index is 2.04. The summed E-state index contributed by atoms with van der Waals surface area (Å²) in [7, 11) is 0. The first kappa shape index (κ1) is 23.7. The highest BCUT2D eigenvalue weighted by molar-refractivity contribution is 6.31. The van der Waals surface area contributed by atoms with Crippen LogP contribution in [0.5, 0.6) is 5.75 Å². The SMILES string of the molecule is CCNC(=O)[C@@H](CC)N(Cc1ccccc1Cl)C(=O)CCCOc1ccc(C)cc1. The zero-order chi connectivity index (χ0) is 21.9. The van der Waals surface area contributed by atoms with Gasteiger partial charge in [-0.15, -0.1) is 0 Å². The van der Waals surface area contributed by atoms with Crippen LogP contribution in [-0.2, 0) is 16.1 Å². The molecule has 0 heterocycles. The van der Waals surface area contributed by atoms with Gasteiger partial charge in [0, 0.05) is 24.5 Å². The van der Waals surface area contributed by atoms with E-state index < -0.39 is 6.04 Å². The number of rotatable bonds is 11. The van der Waals surface area contributed by atoms with Gasteiger partial charge >= 0.3 is 0 Å². The monoisotopic (exact) mass is 430 g/mol. The Morgan fingerprint density at radius 1 is 1.10 bits per heavy atom. The summed E-state index contributed by atoms with van der Waals surface area (Å²) in [5.41, 5.74) is 2.00. The molecule has 1 atom stereocenters. The standard InChI is InChI=1S/C24H31ClN2O3/c1-4-22(24(29)26-5-2)27(17-19-9-6-7-10-21(19)25)23(28)11-8-16-30-20-14-12-18(3)13-15-20/h6-7,9-10,12-15,22H,4-5,8,11,16-17H2,1-3H3,(H,26,29)/t22-/m1/s1. The highest BCUT2D eigenvalue weighted by Gasteiger charge is 2.28. The molecule has 0 radical (unpaired) electrons. The van der Waals surface area contributed by atoms with Crippen LogP contribution in [0.25, 0.3) is 0 Å². The van der Waals surface area contributed by atoms with Crippen molar-refractivity contribution >= 4 is 23.4 Å². The van der Waals surface area contributed by atoms with E-state index in [0.29, 0.717) is 44.0 Å². The first-order chi connectivity index (χ1) is 14.5. The van der Waals surface area contributed by atoms with Crippen LogP contribution in [-0.4, -0.2) is 35.9 Å². The summed E-state index contributed by atoms with van der Waals surface area (Å²) in [4.78, 5) is 27.3. The number of benzene rings is 2. The van der Waals surface area contributed by atoms with Crippen LogP contribution in [0, 0.1) is 6.92 Å². The molecule has 0 bridgehead atoms. The number of carbonyl (C=O) groups excluding carboxylic acids is 2. The summed E-state index contributed by atoms with van der Waals surface area (Å²) in [6.45, 7) is 7.06. The van der Waals surface area contributed by atoms with E-state index in [1.165, 1.54) is 5.56 Å². The van der Waals surface area contributed by atoms with Crippen molar-refractivity contribution in [1.82, 2.24) is 10.2 Å². The fourth-order valence-electron chi connectivity index (χ4n) is 3.21. The van der Waals surface area contributed by atoms with Crippen LogP contribution >= 0.6 is 11.6 Å². The summed E-state index contributed by atoms with van der Waals surface area (Å²) in [6.07, 6.45) is 1.39. The van der Waals surface area contributed by atoms with Crippen LogP contribution in [0.4, 0.5) is 0 Å². The predicted octanol–water partition coefficient (Wildman–Crippen LogP) is 4.75. The van der Waals surface area contributed by atoms with E-state index >= 15 is 0 Å². The molecule has 0 saturated heterocycles. The number of ether oxygens (including phenoxy) is 1. The molecule has 0 unspecified atom stereocenters. The molecular weight excluding hydrogens is 400 g/mol. The average molecular weight is 431 g/mol. The number of hydrogen-bond acceptors (Lipinski definition) is 3. The maximum absolute atomic E-state index is 13.1. The molecule has 0 aliphatic rings. The first-order valence-corrected chi connectivity index (χ1v) is 10.8. The molecule has 0 aliphatic heterocycles. The molecular formula is C24H31ClN2O3. The largest absolute Gasteiger partial charge is 0.494 e. The summed E-state index contributed by atoms with van der Waals surface area (Å²) >= 11 is 6.31. The van der Waals surface area contributed by atoms with E-state index in [-0.39, 0.29) is 11.8 Å².